The predicted octanol–water partition coefficient (Wildman–Crippen LogP) is 2.55. The van der Waals surface area contributed by atoms with Crippen molar-refractivity contribution >= 4 is 21.6 Å². The molecule has 0 aliphatic carbocycles. The van der Waals surface area contributed by atoms with E-state index in [9.17, 15) is 0 Å². The molecule has 2 heterocycles. The van der Waals surface area contributed by atoms with Gasteiger partial charge in [0.1, 0.15) is 0 Å². The second kappa shape index (κ2) is 8.29. The first-order chi connectivity index (χ1) is 10.8. The average Bonchev–Trinajstić information content (AvgIpc) is 2.57. The molecule has 2 aliphatic heterocycles. The highest BCUT2D eigenvalue weighted by molar-refractivity contribution is 9.10. The Morgan fingerprint density at radius 2 is 1.64 bits per heavy atom. The molecule has 0 bridgehead atoms. The highest BCUT2D eigenvalue weighted by Gasteiger charge is 2.15. The predicted molar refractivity (Wildman–Crippen MR) is 92.8 cm³/mol. The van der Waals surface area contributed by atoms with Crippen molar-refractivity contribution in [1.29, 1.82) is 0 Å². The first-order valence-corrected chi connectivity index (χ1v) is 9.03. The Bertz CT molecular complexity index is 472. The molecular formula is C17H25BrN2O2. The van der Waals surface area contributed by atoms with Crippen molar-refractivity contribution in [2.45, 2.75) is 12.8 Å². The smallest absolute Gasteiger partial charge is 0.0642 e. The van der Waals surface area contributed by atoms with E-state index in [4.69, 9.17) is 9.47 Å². The fourth-order valence-electron chi connectivity index (χ4n) is 3.18. The van der Waals surface area contributed by atoms with Gasteiger partial charge in [-0.3, -0.25) is 4.90 Å². The van der Waals surface area contributed by atoms with Crippen LogP contribution in [0.4, 0.5) is 5.69 Å². The SMILES string of the molecule is Brc1ccc(N2CCOCC2)c(CCCN2CCOCC2)c1. The first-order valence-electron chi connectivity index (χ1n) is 8.24. The molecule has 0 saturated carbocycles. The molecular weight excluding hydrogens is 344 g/mol. The summed E-state index contributed by atoms with van der Waals surface area (Å²) in [6.07, 6.45) is 2.33. The van der Waals surface area contributed by atoms with Crippen molar-refractivity contribution in [1.82, 2.24) is 4.90 Å². The summed E-state index contributed by atoms with van der Waals surface area (Å²) in [4.78, 5) is 4.97. The maximum absolute atomic E-state index is 5.48. The average molecular weight is 369 g/mol. The summed E-state index contributed by atoms with van der Waals surface area (Å²) < 4.78 is 12.1. The van der Waals surface area contributed by atoms with Crippen LogP contribution in [0.15, 0.2) is 22.7 Å². The Labute approximate surface area is 141 Å². The maximum Gasteiger partial charge on any atom is 0.0642 e. The zero-order valence-electron chi connectivity index (χ0n) is 13.1. The number of rotatable bonds is 5. The third-order valence-electron chi connectivity index (χ3n) is 4.42. The van der Waals surface area contributed by atoms with Crippen molar-refractivity contribution in [3.8, 4) is 0 Å². The highest BCUT2D eigenvalue weighted by Crippen LogP contribution is 2.26. The largest absolute Gasteiger partial charge is 0.379 e. The summed E-state index contributed by atoms with van der Waals surface area (Å²) in [5, 5.41) is 0. The molecule has 0 aromatic heterocycles. The number of aryl methyl sites for hydroxylation is 1. The normalized spacial score (nSPS) is 20.3. The fourth-order valence-corrected chi connectivity index (χ4v) is 3.59. The molecule has 0 N–H and O–H groups in total. The number of halogens is 1. The molecule has 2 aliphatic rings. The van der Waals surface area contributed by atoms with E-state index in [2.05, 4.69) is 43.9 Å². The van der Waals surface area contributed by atoms with E-state index in [0.717, 1.165) is 59.0 Å². The quantitative estimate of drug-likeness (QED) is 0.797. The van der Waals surface area contributed by atoms with Crippen molar-refractivity contribution in [3.05, 3.63) is 28.2 Å². The molecule has 2 saturated heterocycles. The highest BCUT2D eigenvalue weighted by atomic mass is 79.9. The third kappa shape index (κ3) is 4.44. The van der Waals surface area contributed by atoms with Crippen LogP contribution >= 0.6 is 15.9 Å². The van der Waals surface area contributed by atoms with E-state index in [1.807, 2.05) is 0 Å². The molecule has 0 radical (unpaired) electrons. The number of hydrogen-bond acceptors (Lipinski definition) is 4. The summed E-state index contributed by atoms with van der Waals surface area (Å²) in [7, 11) is 0. The number of nitrogens with zero attached hydrogens (tertiary/aromatic N) is 2. The van der Waals surface area contributed by atoms with E-state index >= 15 is 0 Å². The molecule has 4 nitrogen and oxygen atoms in total. The van der Waals surface area contributed by atoms with Crippen LogP contribution in [-0.2, 0) is 15.9 Å². The van der Waals surface area contributed by atoms with Gasteiger partial charge < -0.3 is 14.4 Å². The Kier molecular flexibility index (Phi) is 6.12. The lowest BCUT2D eigenvalue weighted by Gasteiger charge is -2.31. The standard InChI is InChI=1S/C17H25BrN2O2/c18-16-3-4-17(20-8-12-22-13-9-20)15(14-16)2-1-5-19-6-10-21-11-7-19/h3-4,14H,1-2,5-13H2. The van der Waals surface area contributed by atoms with Crippen molar-refractivity contribution in [2.75, 3.05) is 64.1 Å². The van der Waals surface area contributed by atoms with E-state index in [1.54, 1.807) is 0 Å². The van der Waals surface area contributed by atoms with Gasteiger partial charge >= 0.3 is 0 Å². The molecule has 122 valence electrons. The Hall–Kier alpha value is -0.620. The van der Waals surface area contributed by atoms with Crippen LogP contribution in [-0.4, -0.2) is 64.1 Å². The van der Waals surface area contributed by atoms with Gasteiger partial charge in [-0.25, -0.2) is 0 Å². The number of hydrogen-bond donors (Lipinski definition) is 0. The van der Waals surface area contributed by atoms with E-state index in [-0.39, 0.29) is 0 Å². The van der Waals surface area contributed by atoms with Gasteiger partial charge in [0.2, 0.25) is 0 Å². The lowest BCUT2D eigenvalue weighted by atomic mass is 10.1. The van der Waals surface area contributed by atoms with Gasteiger partial charge in [0.25, 0.3) is 0 Å². The van der Waals surface area contributed by atoms with Crippen molar-refractivity contribution in [2.24, 2.45) is 0 Å². The second-order valence-corrected chi connectivity index (χ2v) is 6.85. The van der Waals surface area contributed by atoms with Gasteiger partial charge in [-0.15, -0.1) is 0 Å². The number of ether oxygens (including phenoxy) is 2. The van der Waals surface area contributed by atoms with Gasteiger partial charge in [0, 0.05) is 36.3 Å². The summed E-state index contributed by atoms with van der Waals surface area (Å²) in [5.41, 5.74) is 2.83. The first kappa shape index (κ1) is 16.2. The molecule has 3 rings (SSSR count). The van der Waals surface area contributed by atoms with Gasteiger partial charge in [-0.05, 0) is 43.1 Å². The van der Waals surface area contributed by atoms with Gasteiger partial charge in [-0.1, -0.05) is 15.9 Å². The molecule has 0 atom stereocenters. The van der Waals surface area contributed by atoms with E-state index in [1.165, 1.54) is 28.7 Å². The minimum Gasteiger partial charge on any atom is -0.379 e. The molecule has 2 fully saturated rings. The fraction of sp³-hybridized carbons (Fsp3) is 0.647. The van der Waals surface area contributed by atoms with E-state index in [0.29, 0.717) is 0 Å². The van der Waals surface area contributed by atoms with E-state index < -0.39 is 0 Å². The number of anilines is 1. The lowest BCUT2D eigenvalue weighted by molar-refractivity contribution is 0.0375. The van der Waals surface area contributed by atoms with Crippen LogP contribution in [0.2, 0.25) is 0 Å². The maximum atomic E-state index is 5.48. The van der Waals surface area contributed by atoms with Crippen LogP contribution in [0.25, 0.3) is 0 Å². The summed E-state index contributed by atoms with van der Waals surface area (Å²) in [6, 6.07) is 6.68. The molecule has 22 heavy (non-hydrogen) atoms. The van der Waals surface area contributed by atoms with Crippen LogP contribution in [0.5, 0.6) is 0 Å². The van der Waals surface area contributed by atoms with Gasteiger partial charge in [0.15, 0.2) is 0 Å². The summed E-state index contributed by atoms with van der Waals surface area (Å²) in [6.45, 7) is 8.76. The lowest BCUT2D eigenvalue weighted by Crippen LogP contribution is -2.37. The summed E-state index contributed by atoms with van der Waals surface area (Å²) in [5.74, 6) is 0. The minimum atomic E-state index is 0.837. The monoisotopic (exact) mass is 368 g/mol. The number of morpholine rings is 2. The van der Waals surface area contributed by atoms with Crippen LogP contribution in [0.1, 0.15) is 12.0 Å². The molecule has 1 aromatic carbocycles. The topological polar surface area (TPSA) is 24.9 Å². The Morgan fingerprint density at radius 1 is 0.955 bits per heavy atom. The van der Waals surface area contributed by atoms with Crippen molar-refractivity contribution in [3.63, 3.8) is 0 Å². The van der Waals surface area contributed by atoms with Gasteiger partial charge in [0.05, 0.1) is 26.4 Å². The number of benzene rings is 1. The Morgan fingerprint density at radius 3 is 2.36 bits per heavy atom. The molecule has 0 unspecified atom stereocenters. The molecule has 0 spiro atoms. The summed E-state index contributed by atoms with van der Waals surface area (Å²) >= 11 is 3.62. The molecule has 0 amide bonds. The zero-order valence-corrected chi connectivity index (χ0v) is 14.7. The van der Waals surface area contributed by atoms with Gasteiger partial charge in [-0.2, -0.15) is 0 Å². The molecule has 5 heteroatoms. The molecule has 1 aromatic rings. The Balaban J connectivity index is 1.59. The second-order valence-electron chi connectivity index (χ2n) is 5.93. The van der Waals surface area contributed by atoms with Crippen LogP contribution in [0, 0.1) is 0 Å². The minimum absolute atomic E-state index is 0.837. The zero-order chi connectivity index (χ0) is 15.2. The van der Waals surface area contributed by atoms with Crippen LogP contribution in [0.3, 0.4) is 0 Å². The van der Waals surface area contributed by atoms with Crippen molar-refractivity contribution < 1.29 is 9.47 Å². The van der Waals surface area contributed by atoms with Crippen LogP contribution < -0.4 is 4.90 Å². The third-order valence-corrected chi connectivity index (χ3v) is 4.91.